The molecule has 0 radical (unpaired) electrons. The monoisotopic (exact) mass is 596 g/mol. The summed E-state index contributed by atoms with van der Waals surface area (Å²) in [5, 5.41) is 14.9. The predicted octanol–water partition coefficient (Wildman–Crippen LogP) is 6.05. The molecule has 2 N–H and O–H groups in total. The third-order valence-electron chi connectivity index (χ3n) is 7.06. The number of rotatable bonds is 8. The largest absolute Gasteiger partial charge is 0.508 e. The summed E-state index contributed by atoms with van der Waals surface area (Å²) in [5.74, 6) is 0.520. The Bertz CT molecular complexity index is 1120. The van der Waals surface area contributed by atoms with Gasteiger partial charge in [-0.25, -0.2) is 4.39 Å². The number of nitrogens with zero attached hydrogens (tertiary/aromatic N) is 1. The Morgan fingerprint density at radius 3 is 2.59 bits per heavy atom. The quantitative estimate of drug-likeness (QED) is 0.364. The number of nitrogens with one attached hydrogen (secondary N) is 1. The summed E-state index contributed by atoms with van der Waals surface area (Å²) in [6.45, 7) is 6.44. The lowest BCUT2D eigenvalue weighted by Crippen LogP contribution is -2.55. The molecule has 2 aromatic carbocycles. The van der Waals surface area contributed by atoms with Crippen LogP contribution in [0.25, 0.3) is 0 Å². The highest BCUT2D eigenvalue weighted by atomic mass is 127. The van der Waals surface area contributed by atoms with Gasteiger partial charge < -0.3 is 15.2 Å². The van der Waals surface area contributed by atoms with Gasteiger partial charge in [-0.05, 0) is 84.1 Å². The molecule has 8 heteroatoms. The first-order valence-electron chi connectivity index (χ1n) is 11.5. The maximum absolute atomic E-state index is 13.4. The van der Waals surface area contributed by atoms with E-state index in [2.05, 4.69) is 33.4 Å². The van der Waals surface area contributed by atoms with Crippen molar-refractivity contribution in [2.45, 2.75) is 63.6 Å². The maximum Gasteiger partial charge on any atom is 0.252 e. The summed E-state index contributed by atoms with van der Waals surface area (Å²) in [6.07, 6.45) is 2.65. The van der Waals surface area contributed by atoms with E-state index >= 15 is 0 Å². The van der Waals surface area contributed by atoms with E-state index in [1.165, 1.54) is 12.1 Å². The summed E-state index contributed by atoms with van der Waals surface area (Å²) in [5.41, 5.74) is 3.14. The Balaban J connectivity index is 1.72. The SMILES string of the molecule is CC1=C(C)[C@@]2(Oc3c(ccc(O)c3CCCC(C)SI)[C@@H]2NCc2ccc(F)cc2)N(C)C1=O. The molecule has 1 amide bonds. The second-order valence-electron chi connectivity index (χ2n) is 9.13. The van der Waals surface area contributed by atoms with Crippen LogP contribution in [-0.4, -0.2) is 33.9 Å². The molecule has 0 saturated heterocycles. The van der Waals surface area contributed by atoms with Gasteiger partial charge in [-0.1, -0.05) is 28.0 Å². The van der Waals surface area contributed by atoms with Gasteiger partial charge in [0.15, 0.2) is 0 Å². The second-order valence-corrected chi connectivity index (χ2v) is 11.6. The van der Waals surface area contributed by atoms with Crippen LogP contribution < -0.4 is 10.1 Å². The zero-order chi connectivity index (χ0) is 24.6. The summed E-state index contributed by atoms with van der Waals surface area (Å²) >= 11 is 2.32. The minimum atomic E-state index is -1.02. The molecule has 0 saturated carbocycles. The Kier molecular flexibility index (Phi) is 7.50. The standard InChI is InChI=1S/C26H30FIN2O3S/c1-15(34-28)6-5-7-20-22(31)13-12-21-23(20)33-26(17(3)16(2)25(32)30(26)4)24(21)29-14-18-8-10-19(27)11-9-18/h8-13,15,24,29,31H,5-7,14H2,1-4H3/t15?,24-,26-/m0/s1. The number of likely N-dealkylation sites (N-methyl/N-ethyl adjacent to an activating group) is 1. The van der Waals surface area contributed by atoms with Gasteiger partial charge in [0.1, 0.15) is 23.4 Å². The molecule has 182 valence electrons. The minimum absolute atomic E-state index is 0.0717. The van der Waals surface area contributed by atoms with Crippen LogP contribution in [0.4, 0.5) is 4.39 Å². The van der Waals surface area contributed by atoms with Crippen LogP contribution in [0.15, 0.2) is 47.5 Å². The highest BCUT2D eigenvalue weighted by molar-refractivity contribution is 14.2. The first kappa shape index (κ1) is 25.3. The van der Waals surface area contributed by atoms with Gasteiger partial charge in [-0.15, -0.1) is 0 Å². The van der Waals surface area contributed by atoms with E-state index in [0.29, 0.717) is 29.5 Å². The van der Waals surface area contributed by atoms with E-state index in [0.717, 1.165) is 35.1 Å². The molecule has 4 rings (SSSR count). The maximum atomic E-state index is 13.4. The summed E-state index contributed by atoms with van der Waals surface area (Å²) < 4.78 is 20.1. The van der Waals surface area contributed by atoms with E-state index in [1.807, 2.05) is 19.9 Å². The number of hydrogen-bond donors (Lipinski definition) is 2. The molecule has 3 atom stereocenters. The summed E-state index contributed by atoms with van der Waals surface area (Å²) in [4.78, 5) is 14.6. The molecule has 0 fully saturated rings. The topological polar surface area (TPSA) is 61.8 Å². The third-order valence-corrected chi connectivity index (χ3v) is 10.2. The number of amides is 1. The zero-order valence-corrected chi connectivity index (χ0v) is 22.8. The molecule has 2 heterocycles. The fourth-order valence-corrected chi connectivity index (χ4v) is 5.99. The average molecular weight is 597 g/mol. The van der Waals surface area contributed by atoms with E-state index in [9.17, 15) is 14.3 Å². The van der Waals surface area contributed by atoms with Crippen molar-refractivity contribution in [2.24, 2.45) is 0 Å². The van der Waals surface area contributed by atoms with E-state index in [-0.39, 0.29) is 23.5 Å². The van der Waals surface area contributed by atoms with Crippen molar-refractivity contribution >= 4 is 36.0 Å². The van der Waals surface area contributed by atoms with Crippen LogP contribution in [0.3, 0.4) is 0 Å². The highest BCUT2D eigenvalue weighted by Gasteiger charge is 2.59. The molecule has 0 aliphatic carbocycles. The van der Waals surface area contributed by atoms with E-state index < -0.39 is 5.72 Å². The first-order valence-corrected chi connectivity index (χ1v) is 14.9. The number of benzene rings is 2. The first-order chi connectivity index (χ1) is 16.2. The molecule has 2 aliphatic rings. The van der Waals surface area contributed by atoms with Gasteiger partial charge in [-0.2, -0.15) is 0 Å². The van der Waals surface area contributed by atoms with Crippen molar-refractivity contribution in [1.29, 1.82) is 0 Å². The number of carbonyl (C=O) groups is 1. The molecule has 1 spiro atoms. The summed E-state index contributed by atoms with van der Waals surface area (Å²) in [7, 11) is 3.57. The normalized spacial score (nSPS) is 22.5. The number of carbonyl (C=O) groups excluding carboxylic acids is 1. The highest BCUT2D eigenvalue weighted by Crippen LogP contribution is 2.54. The Hall–Kier alpha value is -1.78. The van der Waals surface area contributed by atoms with E-state index in [1.54, 1.807) is 39.1 Å². The molecular formula is C26H30FIN2O3S. The van der Waals surface area contributed by atoms with E-state index in [4.69, 9.17) is 4.74 Å². The Labute approximate surface area is 216 Å². The van der Waals surface area contributed by atoms with Crippen LogP contribution >= 0.6 is 30.1 Å². The van der Waals surface area contributed by atoms with Gasteiger partial charge in [0, 0.05) is 41.1 Å². The van der Waals surface area contributed by atoms with Crippen LogP contribution in [0, 0.1) is 5.82 Å². The average Bonchev–Trinajstić information content (AvgIpc) is 3.24. The van der Waals surface area contributed by atoms with Crippen molar-refractivity contribution in [2.75, 3.05) is 7.05 Å². The Morgan fingerprint density at radius 1 is 1.26 bits per heavy atom. The van der Waals surface area contributed by atoms with Gasteiger partial charge in [0.05, 0.1) is 0 Å². The van der Waals surface area contributed by atoms with Crippen molar-refractivity contribution in [3.05, 3.63) is 70.1 Å². The molecule has 5 nitrogen and oxygen atoms in total. The number of ether oxygens (including phenoxy) is 1. The fourth-order valence-electron chi connectivity index (χ4n) is 4.97. The lowest BCUT2D eigenvalue weighted by Gasteiger charge is -2.38. The molecular weight excluding hydrogens is 566 g/mol. The summed E-state index contributed by atoms with van der Waals surface area (Å²) in [6, 6.07) is 9.64. The van der Waals surface area contributed by atoms with Gasteiger partial charge >= 0.3 is 0 Å². The molecule has 34 heavy (non-hydrogen) atoms. The minimum Gasteiger partial charge on any atom is -0.508 e. The number of aromatic hydroxyl groups is 1. The van der Waals surface area contributed by atoms with Crippen molar-refractivity contribution in [3.8, 4) is 11.5 Å². The van der Waals surface area contributed by atoms with Gasteiger partial charge in [0.2, 0.25) is 5.72 Å². The lowest BCUT2D eigenvalue weighted by molar-refractivity contribution is -0.137. The molecule has 1 unspecified atom stereocenters. The van der Waals surface area contributed by atoms with Crippen LogP contribution in [-0.2, 0) is 17.8 Å². The molecule has 0 aromatic heterocycles. The fraction of sp³-hybridized carbons (Fsp3) is 0.423. The zero-order valence-electron chi connectivity index (χ0n) is 19.8. The smallest absolute Gasteiger partial charge is 0.252 e. The molecule has 2 aliphatic heterocycles. The van der Waals surface area contributed by atoms with Crippen LogP contribution in [0.1, 0.15) is 56.3 Å². The third kappa shape index (κ3) is 4.33. The van der Waals surface area contributed by atoms with Crippen molar-refractivity contribution in [3.63, 3.8) is 0 Å². The lowest BCUT2D eigenvalue weighted by atomic mass is 9.90. The van der Waals surface area contributed by atoms with Crippen LogP contribution in [0.5, 0.6) is 11.5 Å². The van der Waals surface area contributed by atoms with Gasteiger partial charge in [0.25, 0.3) is 5.91 Å². The molecule has 0 bridgehead atoms. The number of phenols is 1. The van der Waals surface area contributed by atoms with Crippen molar-refractivity contribution in [1.82, 2.24) is 10.2 Å². The number of phenolic OH excluding ortho intramolecular Hbond substituents is 1. The van der Waals surface area contributed by atoms with Crippen LogP contribution in [0.2, 0.25) is 0 Å². The van der Waals surface area contributed by atoms with Gasteiger partial charge in [-0.3, -0.25) is 9.69 Å². The number of halogens is 2. The predicted molar refractivity (Wildman–Crippen MR) is 143 cm³/mol. The second kappa shape index (κ2) is 10.1. The number of hydrogen-bond acceptors (Lipinski definition) is 5. The molecule has 2 aromatic rings. The Morgan fingerprint density at radius 2 is 1.97 bits per heavy atom. The number of fused-ring (bicyclic) bond motifs is 1. The van der Waals surface area contributed by atoms with Crippen molar-refractivity contribution < 1.29 is 19.0 Å².